The fraction of sp³-hybridized carbons (Fsp3) is 0.438. The summed E-state index contributed by atoms with van der Waals surface area (Å²) in [5.41, 5.74) is 1.04. The lowest BCUT2D eigenvalue weighted by atomic mass is 10.1. The number of unbranched alkanes of at least 4 members (excludes halogenated alkanes) is 2. The normalized spacial score (nSPS) is 10.0. The zero-order valence-corrected chi connectivity index (χ0v) is 12.6. The lowest BCUT2D eigenvalue weighted by molar-refractivity contribution is -0.126. The van der Waals surface area contributed by atoms with E-state index in [4.69, 9.17) is 0 Å². The van der Waals surface area contributed by atoms with Gasteiger partial charge in [0.25, 0.3) is 0 Å². The number of anilines is 1. The Bertz CT molecular complexity index is 512. The standard InChI is InChI=1S/C16H22N2O3/c1-3-4-5-9-17-15(20)11-16(21)18-14-8-6-7-13(10-14)12(2)19/h6-8,10H,3-5,9,11H2,1-2H3,(H,17,20)(H,18,21). The van der Waals surface area contributed by atoms with Crippen molar-refractivity contribution in [2.24, 2.45) is 0 Å². The first-order valence-electron chi connectivity index (χ1n) is 7.20. The van der Waals surface area contributed by atoms with Gasteiger partial charge >= 0.3 is 0 Å². The maximum atomic E-state index is 11.7. The summed E-state index contributed by atoms with van der Waals surface area (Å²) in [7, 11) is 0. The Kier molecular flexibility index (Phi) is 7.15. The molecule has 0 radical (unpaired) electrons. The van der Waals surface area contributed by atoms with Crippen LogP contribution < -0.4 is 10.6 Å². The number of hydrogen-bond acceptors (Lipinski definition) is 3. The van der Waals surface area contributed by atoms with E-state index in [1.807, 2.05) is 0 Å². The third kappa shape index (κ3) is 6.70. The molecule has 0 atom stereocenters. The van der Waals surface area contributed by atoms with Gasteiger partial charge in [-0.05, 0) is 25.5 Å². The monoisotopic (exact) mass is 290 g/mol. The molecule has 114 valence electrons. The van der Waals surface area contributed by atoms with Gasteiger partial charge in [0.2, 0.25) is 11.8 Å². The fourth-order valence-corrected chi connectivity index (χ4v) is 1.83. The molecule has 0 aromatic heterocycles. The highest BCUT2D eigenvalue weighted by atomic mass is 16.2. The van der Waals surface area contributed by atoms with Gasteiger partial charge in [0.05, 0.1) is 0 Å². The Morgan fingerprint density at radius 1 is 1.10 bits per heavy atom. The fourth-order valence-electron chi connectivity index (χ4n) is 1.83. The van der Waals surface area contributed by atoms with E-state index in [2.05, 4.69) is 17.6 Å². The number of carbonyl (C=O) groups excluding carboxylic acids is 3. The Labute approximate surface area is 125 Å². The third-order valence-corrected chi connectivity index (χ3v) is 2.98. The van der Waals surface area contributed by atoms with E-state index in [0.717, 1.165) is 19.3 Å². The topological polar surface area (TPSA) is 75.3 Å². The van der Waals surface area contributed by atoms with E-state index in [1.165, 1.54) is 6.92 Å². The SMILES string of the molecule is CCCCCNC(=O)CC(=O)Nc1cccc(C(C)=O)c1. The quantitative estimate of drug-likeness (QED) is 0.439. The molecular weight excluding hydrogens is 268 g/mol. The Morgan fingerprint density at radius 2 is 1.86 bits per heavy atom. The van der Waals surface area contributed by atoms with Crippen molar-refractivity contribution in [3.63, 3.8) is 0 Å². The van der Waals surface area contributed by atoms with Gasteiger partial charge in [0.1, 0.15) is 6.42 Å². The number of benzene rings is 1. The van der Waals surface area contributed by atoms with Gasteiger partial charge < -0.3 is 10.6 Å². The summed E-state index contributed by atoms with van der Waals surface area (Å²) in [6.45, 7) is 4.15. The van der Waals surface area contributed by atoms with Gasteiger partial charge in [0, 0.05) is 17.8 Å². The van der Waals surface area contributed by atoms with E-state index in [1.54, 1.807) is 24.3 Å². The van der Waals surface area contributed by atoms with Gasteiger partial charge in [-0.25, -0.2) is 0 Å². The average Bonchev–Trinajstić information content (AvgIpc) is 2.43. The van der Waals surface area contributed by atoms with Crippen molar-refractivity contribution in [3.8, 4) is 0 Å². The Balaban J connectivity index is 2.41. The maximum Gasteiger partial charge on any atom is 0.233 e. The van der Waals surface area contributed by atoms with Crippen LogP contribution in [0.1, 0.15) is 49.9 Å². The van der Waals surface area contributed by atoms with Gasteiger partial charge in [-0.15, -0.1) is 0 Å². The highest BCUT2D eigenvalue weighted by Crippen LogP contribution is 2.11. The minimum absolute atomic E-state index is 0.0697. The van der Waals surface area contributed by atoms with Crippen molar-refractivity contribution < 1.29 is 14.4 Å². The second-order valence-electron chi connectivity index (χ2n) is 4.92. The summed E-state index contributed by atoms with van der Waals surface area (Å²) >= 11 is 0. The number of Topliss-reactive ketones (excluding diaryl/α,β-unsaturated/α-hetero) is 1. The molecule has 5 nitrogen and oxygen atoms in total. The van der Waals surface area contributed by atoms with Gasteiger partial charge in [-0.1, -0.05) is 31.9 Å². The van der Waals surface area contributed by atoms with Crippen LogP contribution in [0.2, 0.25) is 0 Å². The smallest absolute Gasteiger partial charge is 0.233 e. The summed E-state index contributed by atoms with van der Waals surface area (Å²) in [5.74, 6) is -0.741. The average molecular weight is 290 g/mol. The zero-order valence-electron chi connectivity index (χ0n) is 12.6. The Morgan fingerprint density at radius 3 is 2.52 bits per heavy atom. The number of ketones is 1. The first-order chi connectivity index (χ1) is 10.0. The number of rotatable bonds is 8. The second kappa shape index (κ2) is 8.89. The van der Waals surface area contributed by atoms with Crippen LogP contribution in [0, 0.1) is 0 Å². The minimum Gasteiger partial charge on any atom is -0.356 e. The zero-order chi connectivity index (χ0) is 15.7. The maximum absolute atomic E-state index is 11.7. The highest BCUT2D eigenvalue weighted by molar-refractivity contribution is 6.04. The van der Waals surface area contributed by atoms with Crippen LogP contribution in [0.15, 0.2) is 24.3 Å². The van der Waals surface area contributed by atoms with Gasteiger partial charge in [0.15, 0.2) is 5.78 Å². The number of amides is 2. The molecule has 1 aromatic rings. The van der Waals surface area contributed by atoms with Crippen molar-refractivity contribution in [2.75, 3.05) is 11.9 Å². The molecule has 5 heteroatoms. The Hall–Kier alpha value is -2.17. The van der Waals surface area contributed by atoms with Crippen LogP contribution in [-0.2, 0) is 9.59 Å². The van der Waals surface area contributed by atoms with E-state index in [9.17, 15) is 14.4 Å². The molecule has 0 saturated carbocycles. The molecule has 0 unspecified atom stereocenters. The van der Waals surface area contributed by atoms with Crippen molar-refractivity contribution >= 4 is 23.3 Å². The first kappa shape index (κ1) is 16.9. The number of nitrogens with one attached hydrogen (secondary N) is 2. The molecule has 0 aliphatic heterocycles. The molecule has 1 aromatic carbocycles. The first-order valence-corrected chi connectivity index (χ1v) is 7.20. The molecule has 0 aliphatic rings. The van der Waals surface area contributed by atoms with Crippen molar-refractivity contribution in [3.05, 3.63) is 29.8 Å². The van der Waals surface area contributed by atoms with Crippen molar-refractivity contribution in [1.82, 2.24) is 5.32 Å². The number of carbonyl (C=O) groups is 3. The van der Waals surface area contributed by atoms with Crippen LogP contribution in [0.3, 0.4) is 0 Å². The van der Waals surface area contributed by atoms with Crippen LogP contribution in [-0.4, -0.2) is 24.1 Å². The molecule has 21 heavy (non-hydrogen) atoms. The van der Waals surface area contributed by atoms with E-state index in [0.29, 0.717) is 17.8 Å². The van der Waals surface area contributed by atoms with Crippen molar-refractivity contribution in [2.45, 2.75) is 39.5 Å². The molecule has 0 spiro atoms. The van der Waals surface area contributed by atoms with Crippen molar-refractivity contribution in [1.29, 1.82) is 0 Å². The molecule has 2 amide bonds. The van der Waals surface area contributed by atoms with Crippen LogP contribution in [0.4, 0.5) is 5.69 Å². The predicted octanol–water partition coefficient (Wildman–Crippen LogP) is 2.52. The summed E-state index contributed by atoms with van der Waals surface area (Å²) in [4.78, 5) is 34.5. The second-order valence-corrected chi connectivity index (χ2v) is 4.92. The molecule has 0 bridgehead atoms. The molecule has 0 aliphatic carbocycles. The summed E-state index contributed by atoms with van der Waals surface area (Å²) < 4.78 is 0. The lowest BCUT2D eigenvalue weighted by Gasteiger charge is -2.07. The van der Waals surface area contributed by atoms with E-state index in [-0.39, 0.29) is 24.0 Å². The third-order valence-electron chi connectivity index (χ3n) is 2.98. The largest absolute Gasteiger partial charge is 0.356 e. The summed E-state index contributed by atoms with van der Waals surface area (Å²) in [5, 5.41) is 5.33. The molecule has 0 saturated heterocycles. The molecule has 1 rings (SSSR count). The molecular formula is C16H22N2O3. The molecule has 2 N–H and O–H groups in total. The van der Waals surface area contributed by atoms with Crippen LogP contribution in [0.5, 0.6) is 0 Å². The van der Waals surface area contributed by atoms with E-state index < -0.39 is 0 Å². The van der Waals surface area contributed by atoms with Gasteiger partial charge in [-0.2, -0.15) is 0 Å². The van der Waals surface area contributed by atoms with Crippen LogP contribution in [0.25, 0.3) is 0 Å². The lowest BCUT2D eigenvalue weighted by Crippen LogP contribution is -2.28. The summed E-state index contributed by atoms with van der Waals surface area (Å²) in [6.07, 6.45) is 2.86. The number of hydrogen-bond donors (Lipinski definition) is 2. The summed E-state index contributed by atoms with van der Waals surface area (Å²) in [6, 6.07) is 6.65. The molecule has 0 fully saturated rings. The minimum atomic E-state index is -0.385. The highest BCUT2D eigenvalue weighted by Gasteiger charge is 2.09. The van der Waals surface area contributed by atoms with Crippen LogP contribution >= 0.6 is 0 Å². The predicted molar refractivity (Wildman–Crippen MR) is 82.2 cm³/mol. The van der Waals surface area contributed by atoms with E-state index >= 15 is 0 Å². The van der Waals surface area contributed by atoms with Gasteiger partial charge in [-0.3, -0.25) is 14.4 Å². The molecule has 0 heterocycles.